The Kier molecular flexibility index (Phi) is 3.80. The Morgan fingerprint density at radius 1 is 1.58 bits per heavy atom. The molecule has 0 spiro atoms. The zero-order valence-corrected chi connectivity index (χ0v) is 11.7. The van der Waals surface area contributed by atoms with Gasteiger partial charge in [-0.15, -0.1) is 0 Å². The molecule has 0 radical (unpaired) electrons. The van der Waals surface area contributed by atoms with E-state index in [0.29, 0.717) is 6.54 Å². The maximum Gasteiger partial charge on any atom is 0.410 e. The highest BCUT2D eigenvalue weighted by Crippen LogP contribution is 2.30. The van der Waals surface area contributed by atoms with Gasteiger partial charge in [0.05, 0.1) is 12.2 Å². The number of aromatic nitrogens is 2. The second-order valence-corrected chi connectivity index (χ2v) is 5.96. The molecule has 6 heteroatoms. The molecule has 106 valence electrons. The lowest BCUT2D eigenvalue weighted by molar-refractivity contribution is 0.00646. The smallest absolute Gasteiger partial charge is 0.410 e. The standard InChI is InChI=1S/C13H22N4O2/c1-13(2,3)19-12(18)17-6-4-5-10(14)11(17)9-7-15-16-8-9/h7-8,10-11H,4-6,14H2,1-3H3,(H,15,16)/t10-,11+/m1/s1. The van der Waals surface area contributed by atoms with Crippen molar-refractivity contribution in [1.29, 1.82) is 0 Å². The minimum Gasteiger partial charge on any atom is -0.444 e. The molecule has 1 fully saturated rings. The number of rotatable bonds is 1. The number of ether oxygens (including phenoxy) is 1. The van der Waals surface area contributed by atoms with Crippen molar-refractivity contribution in [3.63, 3.8) is 0 Å². The third kappa shape index (κ3) is 3.26. The van der Waals surface area contributed by atoms with Crippen molar-refractivity contribution >= 4 is 6.09 Å². The minimum absolute atomic E-state index is 0.0844. The summed E-state index contributed by atoms with van der Waals surface area (Å²) < 4.78 is 5.45. The number of hydrogen-bond donors (Lipinski definition) is 2. The van der Waals surface area contributed by atoms with E-state index in [-0.39, 0.29) is 18.2 Å². The summed E-state index contributed by atoms with van der Waals surface area (Å²) in [5.41, 5.74) is 6.60. The van der Waals surface area contributed by atoms with Crippen LogP contribution in [-0.4, -0.2) is 39.4 Å². The number of carbonyl (C=O) groups excluding carboxylic acids is 1. The van der Waals surface area contributed by atoms with Crippen LogP contribution >= 0.6 is 0 Å². The molecule has 6 nitrogen and oxygen atoms in total. The molecule has 3 N–H and O–H groups in total. The largest absolute Gasteiger partial charge is 0.444 e. The van der Waals surface area contributed by atoms with Crippen molar-refractivity contribution in [2.75, 3.05) is 6.54 Å². The van der Waals surface area contributed by atoms with E-state index in [1.165, 1.54) is 0 Å². The number of nitrogens with zero attached hydrogens (tertiary/aromatic N) is 2. The van der Waals surface area contributed by atoms with Gasteiger partial charge in [-0.3, -0.25) is 10.00 Å². The molecule has 2 heterocycles. The first-order chi connectivity index (χ1) is 8.88. The summed E-state index contributed by atoms with van der Waals surface area (Å²) in [4.78, 5) is 14.0. The molecule has 1 aromatic heterocycles. The van der Waals surface area contributed by atoms with Gasteiger partial charge in [-0.1, -0.05) is 0 Å². The highest BCUT2D eigenvalue weighted by Gasteiger charge is 2.36. The van der Waals surface area contributed by atoms with E-state index in [9.17, 15) is 4.79 Å². The van der Waals surface area contributed by atoms with E-state index < -0.39 is 5.60 Å². The van der Waals surface area contributed by atoms with Gasteiger partial charge in [0.1, 0.15) is 5.60 Å². The number of hydrogen-bond acceptors (Lipinski definition) is 4. The van der Waals surface area contributed by atoms with Crippen molar-refractivity contribution < 1.29 is 9.53 Å². The lowest BCUT2D eigenvalue weighted by Crippen LogP contribution is -2.49. The fraction of sp³-hybridized carbons (Fsp3) is 0.692. The van der Waals surface area contributed by atoms with E-state index in [0.717, 1.165) is 18.4 Å². The number of piperidine rings is 1. The summed E-state index contributed by atoms with van der Waals surface area (Å²) in [5, 5.41) is 6.71. The van der Waals surface area contributed by atoms with Gasteiger partial charge in [-0.25, -0.2) is 4.79 Å². The fourth-order valence-electron chi connectivity index (χ4n) is 2.40. The summed E-state index contributed by atoms with van der Waals surface area (Å²) in [5.74, 6) is 0. The zero-order valence-electron chi connectivity index (χ0n) is 11.7. The maximum absolute atomic E-state index is 12.3. The van der Waals surface area contributed by atoms with Gasteiger partial charge in [-0.2, -0.15) is 5.10 Å². The number of likely N-dealkylation sites (tertiary alicyclic amines) is 1. The molecule has 1 aliphatic heterocycles. The minimum atomic E-state index is -0.500. The molecule has 0 bridgehead atoms. The van der Waals surface area contributed by atoms with Crippen molar-refractivity contribution in [2.24, 2.45) is 5.73 Å². The number of H-pyrrole nitrogens is 1. The van der Waals surface area contributed by atoms with Crippen LogP contribution in [-0.2, 0) is 4.74 Å². The monoisotopic (exact) mass is 266 g/mol. The van der Waals surface area contributed by atoms with Gasteiger partial charge >= 0.3 is 6.09 Å². The van der Waals surface area contributed by atoms with Gasteiger partial charge in [0.15, 0.2) is 0 Å². The Morgan fingerprint density at radius 2 is 2.32 bits per heavy atom. The molecule has 1 amide bonds. The average Bonchev–Trinajstić information content (AvgIpc) is 2.79. The molecule has 0 saturated carbocycles. The molecule has 19 heavy (non-hydrogen) atoms. The molecule has 0 aliphatic carbocycles. The van der Waals surface area contributed by atoms with Crippen LogP contribution < -0.4 is 5.73 Å². The predicted molar refractivity (Wildman–Crippen MR) is 71.5 cm³/mol. The van der Waals surface area contributed by atoms with Crippen LogP contribution in [0.2, 0.25) is 0 Å². The third-order valence-electron chi connectivity index (χ3n) is 3.17. The first-order valence-corrected chi connectivity index (χ1v) is 6.62. The lowest BCUT2D eigenvalue weighted by atomic mass is 9.93. The van der Waals surface area contributed by atoms with Gasteiger partial charge in [0.2, 0.25) is 0 Å². The molecule has 2 atom stereocenters. The number of carbonyl (C=O) groups is 1. The SMILES string of the molecule is CC(C)(C)OC(=O)N1CCC[C@@H](N)[C@@H]1c1cn[nH]c1. The quantitative estimate of drug-likeness (QED) is 0.812. The lowest BCUT2D eigenvalue weighted by Gasteiger charge is -2.39. The number of nitrogens with two attached hydrogens (primary N) is 1. The molecular weight excluding hydrogens is 244 g/mol. The predicted octanol–water partition coefficient (Wildman–Crippen LogP) is 1.81. The van der Waals surface area contributed by atoms with E-state index in [2.05, 4.69) is 10.2 Å². The average molecular weight is 266 g/mol. The van der Waals surface area contributed by atoms with Gasteiger partial charge < -0.3 is 10.5 Å². The fourth-order valence-corrected chi connectivity index (χ4v) is 2.40. The first kappa shape index (κ1) is 13.9. The number of nitrogens with one attached hydrogen (secondary N) is 1. The Hall–Kier alpha value is -1.56. The Labute approximate surface area is 113 Å². The van der Waals surface area contributed by atoms with Crippen LogP contribution in [0.25, 0.3) is 0 Å². The van der Waals surface area contributed by atoms with E-state index in [1.54, 1.807) is 17.3 Å². The van der Waals surface area contributed by atoms with Crippen LogP contribution in [0.1, 0.15) is 45.2 Å². The normalized spacial score (nSPS) is 24.3. The summed E-state index contributed by atoms with van der Waals surface area (Å²) in [6, 6.07) is -0.249. The van der Waals surface area contributed by atoms with Crippen LogP contribution in [0.4, 0.5) is 4.79 Å². The summed E-state index contributed by atoms with van der Waals surface area (Å²) >= 11 is 0. The summed E-state index contributed by atoms with van der Waals surface area (Å²) in [6.45, 7) is 6.25. The second kappa shape index (κ2) is 5.21. The first-order valence-electron chi connectivity index (χ1n) is 6.62. The highest BCUT2D eigenvalue weighted by molar-refractivity contribution is 5.69. The Balaban J connectivity index is 2.19. The van der Waals surface area contributed by atoms with Gasteiger partial charge in [-0.05, 0) is 33.6 Å². The molecule has 2 rings (SSSR count). The number of amides is 1. The van der Waals surface area contributed by atoms with Crippen molar-refractivity contribution in [3.8, 4) is 0 Å². The summed E-state index contributed by atoms with van der Waals surface area (Å²) in [7, 11) is 0. The van der Waals surface area contributed by atoms with Crippen molar-refractivity contribution in [1.82, 2.24) is 15.1 Å². The molecule has 1 aliphatic rings. The third-order valence-corrected chi connectivity index (χ3v) is 3.17. The molecular formula is C13H22N4O2. The second-order valence-electron chi connectivity index (χ2n) is 5.96. The van der Waals surface area contributed by atoms with Crippen molar-refractivity contribution in [3.05, 3.63) is 18.0 Å². The molecule has 1 saturated heterocycles. The van der Waals surface area contributed by atoms with E-state index in [4.69, 9.17) is 10.5 Å². The molecule has 0 unspecified atom stereocenters. The van der Waals surface area contributed by atoms with Crippen LogP contribution in [0.15, 0.2) is 12.4 Å². The van der Waals surface area contributed by atoms with E-state index in [1.807, 2.05) is 20.8 Å². The van der Waals surface area contributed by atoms with Crippen LogP contribution in [0.5, 0.6) is 0 Å². The summed E-state index contributed by atoms with van der Waals surface area (Å²) in [6.07, 6.45) is 4.98. The van der Waals surface area contributed by atoms with Gasteiger partial charge in [0, 0.05) is 24.3 Å². The molecule has 0 aromatic carbocycles. The highest BCUT2D eigenvalue weighted by atomic mass is 16.6. The molecule has 1 aromatic rings. The maximum atomic E-state index is 12.3. The Bertz CT molecular complexity index is 424. The van der Waals surface area contributed by atoms with Gasteiger partial charge in [0.25, 0.3) is 0 Å². The number of aromatic amines is 1. The Morgan fingerprint density at radius 3 is 2.89 bits per heavy atom. The van der Waals surface area contributed by atoms with Crippen molar-refractivity contribution in [2.45, 2.75) is 51.3 Å². The van der Waals surface area contributed by atoms with Crippen LogP contribution in [0, 0.1) is 0 Å². The topological polar surface area (TPSA) is 84.2 Å². The van der Waals surface area contributed by atoms with E-state index >= 15 is 0 Å². The zero-order chi connectivity index (χ0) is 14.0. The van der Waals surface area contributed by atoms with Crippen LogP contribution in [0.3, 0.4) is 0 Å².